The summed E-state index contributed by atoms with van der Waals surface area (Å²) < 4.78 is 16.7. The first kappa shape index (κ1) is 23.6. The van der Waals surface area contributed by atoms with Crippen molar-refractivity contribution in [3.05, 3.63) is 65.9 Å². The number of nitrogens with one attached hydrogen (secondary N) is 1. The number of hydrogen-bond acceptors (Lipinski definition) is 3. The van der Waals surface area contributed by atoms with Crippen LogP contribution in [-0.4, -0.2) is 45.4 Å². The minimum atomic E-state index is -1.75. The van der Waals surface area contributed by atoms with Crippen LogP contribution in [0.25, 0.3) is 10.9 Å². The fraction of sp³-hybridized carbons (Fsp3) is 0.321. The Labute approximate surface area is 208 Å². The van der Waals surface area contributed by atoms with Crippen LogP contribution in [0.5, 0.6) is 0 Å². The number of hydrogen-bond donors (Lipinski definition) is 2. The van der Waals surface area contributed by atoms with Crippen molar-refractivity contribution >= 4 is 34.3 Å². The van der Waals surface area contributed by atoms with Gasteiger partial charge in [0, 0.05) is 29.6 Å². The molecule has 1 spiro atoms. The molecular formula is C28H27FN4O3. The smallest absolute Gasteiger partial charge is 0.265 e. The molecule has 2 aromatic carbocycles. The summed E-state index contributed by atoms with van der Waals surface area (Å²) in [6.45, 7) is 2.82. The molecule has 1 fully saturated rings. The second-order valence-electron chi connectivity index (χ2n) is 10.2. The molecule has 7 nitrogen and oxygen atoms in total. The number of fused-ring (bicyclic) bond motifs is 3. The number of aromatic nitrogens is 1. The van der Waals surface area contributed by atoms with Crippen molar-refractivity contribution in [3.63, 3.8) is 0 Å². The molecule has 36 heavy (non-hydrogen) atoms. The number of para-hydroxylation sites is 2. The van der Waals surface area contributed by atoms with Crippen LogP contribution in [0.3, 0.4) is 0 Å². The van der Waals surface area contributed by atoms with E-state index in [1.807, 2.05) is 30.3 Å². The average molecular weight is 487 g/mol. The quantitative estimate of drug-likeness (QED) is 0.540. The minimum Gasteiger partial charge on any atom is -0.364 e. The lowest BCUT2D eigenvalue weighted by molar-refractivity contribution is -0.136. The van der Waals surface area contributed by atoms with Gasteiger partial charge in [0.25, 0.3) is 5.91 Å². The molecule has 0 radical (unpaired) electrons. The Bertz CT molecular complexity index is 1450. The van der Waals surface area contributed by atoms with Gasteiger partial charge in [-0.05, 0) is 44.0 Å². The Balaban J connectivity index is 1.62. The number of nitrogens with zero attached hydrogens (tertiary/aromatic N) is 2. The number of halogens is 1. The van der Waals surface area contributed by atoms with Gasteiger partial charge in [-0.1, -0.05) is 42.3 Å². The summed E-state index contributed by atoms with van der Waals surface area (Å²) in [5, 5.41) is 3.61. The number of amides is 3. The van der Waals surface area contributed by atoms with Crippen LogP contribution in [0.2, 0.25) is 0 Å². The molecule has 5 rings (SSSR count). The standard InChI is InChI=1S/C28H27FN4O3/c1-4-18-14-28(19-10-6-7-11-20(19)31-26(28)36)16-32(18)25(35)23(15-27(2,3)29)33-21-12-8-5-9-17(21)13-22(33)24(30)34/h1,5-13,18,23H,14-16H2,2-3H3,(H2,30,34)(H,31,36)/t18-,23+,28+/m1/s1. The molecule has 2 aliphatic heterocycles. The molecule has 3 heterocycles. The SMILES string of the molecule is C#C[C@@H]1C[C@@]2(CN1C(=O)[C@H](CC(C)(C)F)n1c(C(N)=O)cc3ccccc31)C(=O)Nc1ccccc12. The van der Waals surface area contributed by atoms with Gasteiger partial charge in [0.2, 0.25) is 11.8 Å². The fourth-order valence-corrected chi connectivity index (χ4v) is 5.66. The van der Waals surface area contributed by atoms with Gasteiger partial charge in [-0.2, -0.15) is 0 Å². The lowest BCUT2D eigenvalue weighted by atomic mass is 9.79. The molecule has 3 aromatic rings. The maximum atomic E-state index is 15.1. The van der Waals surface area contributed by atoms with E-state index in [4.69, 9.17) is 12.2 Å². The van der Waals surface area contributed by atoms with E-state index in [1.54, 1.807) is 24.3 Å². The van der Waals surface area contributed by atoms with Crippen molar-refractivity contribution in [1.29, 1.82) is 0 Å². The van der Waals surface area contributed by atoms with E-state index in [1.165, 1.54) is 23.3 Å². The lowest BCUT2D eigenvalue weighted by Crippen LogP contribution is -2.44. The number of primary amides is 1. The summed E-state index contributed by atoms with van der Waals surface area (Å²) in [6, 6.07) is 14.3. The zero-order valence-electron chi connectivity index (χ0n) is 20.1. The summed E-state index contributed by atoms with van der Waals surface area (Å²) in [7, 11) is 0. The van der Waals surface area contributed by atoms with Crippen LogP contribution in [0.4, 0.5) is 10.1 Å². The first-order valence-corrected chi connectivity index (χ1v) is 11.8. The lowest BCUT2D eigenvalue weighted by Gasteiger charge is -2.31. The third kappa shape index (κ3) is 3.63. The normalized spacial score (nSPS) is 21.9. The second-order valence-corrected chi connectivity index (χ2v) is 10.2. The number of carbonyl (C=O) groups excluding carboxylic acids is 3. The van der Waals surface area contributed by atoms with E-state index >= 15 is 4.39 Å². The van der Waals surface area contributed by atoms with Crippen LogP contribution in [0, 0.1) is 12.3 Å². The van der Waals surface area contributed by atoms with Crippen LogP contribution in [0.15, 0.2) is 54.6 Å². The van der Waals surface area contributed by atoms with Gasteiger partial charge in [-0.3, -0.25) is 14.4 Å². The Kier molecular flexibility index (Phi) is 5.40. The van der Waals surface area contributed by atoms with Crippen LogP contribution in [0.1, 0.15) is 48.8 Å². The van der Waals surface area contributed by atoms with E-state index in [0.717, 1.165) is 5.56 Å². The van der Waals surface area contributed by atoms with Gasteiger partial charge < -0.3 is 20.5 Å². The highest BCUT2D eigenvalue weighted by Crippen LogP contribution is 2.47. The van der Waals surface area contributed by atoms with Gasteiger partial charge in [0.05, 0.1) is 11.5 Å². The summed E-state index contributed by atoms with van der Waals surface area (Å²) in [4.78, 5) is 41.3. The first-order chi connectivity index (χ1) is 17.1. The number of rotatable bonds is 5. The Morgan fingerprint density at radius 3 is 2.64 bits per heavy atom. The van der Waals surface area contributed by atoms with E-state index in [9.17, 15) is 14.4 Å². The molecule has 3 N–H and O–H groups in total. The zero-order chi connectivity index (χ0) is 25.8. The molecule has 184 valence electrons. The molecule has 1 saturated heterocycles. The maximum absolute atomic E-state index is 15.1. The second kappa shape index (κ2) is 8.23. The molecule has 0 saturated carbocycles. The van der Waals surface area contributed by atoms with Gasteiger partial charge in [0.15, 0.2) is 0 Å². The number of terminal acetylenes is 1. The molecule has 2 aliphatic rings. The van der Waals surface area contributed by atoms with E-state index in [2.05, 4.69) is 11.2 Å². The van der Waals surface area contributed by atoms with Crippen LogP contribution < -0.4 is 11.1 Å². The third-order valence-electron chi connectivity index (χ3n) is 7.24. The van der Waals surface area contributed by atoms with Gasteiger partial charge in [-0.25, -0.2) is 4.39 Å². The Morgan fingerprint density at radius 1 is 1.25 bits per heavy atom. The molecule has 1 aromatic heterocycles. The maximum Gasteiger partial charge on any atom is 0.265 e. The minimum absolute atomic E-state index is 0.0534. The predicted molar refractivity (Wildman–Crippen MR) is 135 cm³/mol. The van der Waals surface area contributed by atoms with Crippen molar-refractivity contribution in [2.45, 2.75) is 49.9 Å². The number of carbonyl (C=O) groups is 3. The van der Waals surface area contributed by atoms with Gasteiger partial charge in [0.1, 0.15) is 17.4 Å². The van der Waals surface area contributed by atoms with E-state index < -0.39 is 35.0 Å². The number of likely N-dealkylation sites (tertiary alicyclic amines) is 1. The highest BCUT2D eigenvalue weighted by Gasteiger charge is 2.56. The monoisotopic (exact) mass is 486 g/mol. The zero-order valence-corrected chi connectivity index (χ0v) is 20.1. The van der Waals surface area contributed by atoms with E-state index in [0.29, 0.717) is 16.6 Å². The van der Waals surface area contributed by atoms with Crippen molar-refractivity contribution < 1.29 is 18.8 Å². The number of nitrogens with two attached hydrogens (primary N) is 1. The molecule has 8 heteroatoms. The first-order valence-electron chi connectivity index (χ1n) is 11.8. The Morgan fingerprint density at radius 2 is 1.94 bits per heavy atom. The van der Waals surface area contributed by atoms with Gasteiger partial charge >= 0.3 is 0 Å². The van der Waals surface area contributed by atoms with Crippen molar-refractivity contribution in [1.82, 2.24) is 9.47 Å². The van der Waals surface area contributed by atoms with Crippen LogP contribution in [-0.2, 0) is 15.0 Å². The highest BCUT2D eigenvalue weighted by atomic mass is 19.1. The summed E-state index contributed by atoms with van der Waals surface area (Å²) in [5.41, 5.74) is 5.12. The van der Waals surface area contributed by atoms with Gasteiger partial charge in [-0.15, -0.1) is 6.42 Å². The molecule has 0 unspecified atom stereocenters. The molecular weight excluding hydrogens is 459 g/mol. The Hall–Kier alpha value is -4.12. The van der Waals surface area contributed by atoms with Crippen molar-refractivity contribution in [2.24, 2.45) is 5.73 Å². The number of alkyl halides is 1. The van der Waals surface area contributed by atoms with Crippen molar-refractivity contribution in [2.75, 3.05) is 11.9 Å². The topological polar surface area (TPSA) is 97.4 Å². The highest BCUT2D eigenvalue weighted by molar-refractivity contribution is 6.07. The fourth-order valence-electron chi connectivity index (χ4n) is 5.66. The summed E-state index contributed by atoms with van der Waals surface area (Å²) in [6.07, 6.45) is 5.90. The largest absolute Gasteiger partial charge is 0.364 e. The molecule has 0 aliphatic carbocycles. The number of anilines is 1. The van der Waals surface area contributed by atoms with E-state index in [-0.39, 0.29) is 31.0 Å². The number of benzene rings is 2. The van der Waals surface area contributed by atoms with Crippen molar-refractivity contribution in [3.8, 4) is 12.3 Å². The van der Waals surface area contributed by atoms with Crippen LogP contribution >= 0.6 is 0 Å². The third-order valence-corrected chi connectivity index (χ3v) is 7.24. The summed E-state index contributed by atoms with van der Waals surface area (Å²) in [5.74, 6) is 1.27. The summed E-state index contributed by atoms with van der Waals surface area (Å²) >= 11 is 0. The molecule has 3 amide bonds. The molecule has 0 bridgehead atoms. The molecule has 3 atom stereocenters. The predicted octanol–water partition coefficient (Wildman–Crippen LogP) is 3.54. The average Bonchev–Trinajstić information content (AvgIpc) is 3.49.